The van der Waals surface area contributed by atoms with Gasteiger partial charge in [0.2, 0.25) is 0 Å². The second kappa shape index (κ2) is 13.4. The van der Waals surface area contributed by atoms with E-state index in [1.54, 1.807) is 5.56 Å². The third-order valence-corrected chi connectivity index (χ3v) is 7.03. The topological polar surface area (TPSA) is 0 Å². The van der Waals surface area contributed by atoms with Gasteiger partial charge in [-0.2, -0.15) is 0 Å². The maximum absolute atomic E-state index is 2.38. The van der Waals surface area contributed by atoms with Gasteiger partial charge in [0.05, 0.1) is 0 Å². The highest BCUT2D eigenvalue weighted by molar-refractivity contribution is 5.25. The van der Waals surface area contributed by atoms with E-state index in [1.807, 2.05) is 0 Å². The summed E-state index contributed by atoms with van der Waals surface area (Å²) in [6.45, 7) is 9.25. The zero-order chi connectivity index (χ0) is 20.2. The van der Waals surface area contributed by atoms with Crippen LogP contribution in [-0.2, 0) is 6.42 Å². The molecule has 0 aromatic heterocycles. The SMILES string of the molecule is CC(C)CCCCCCCCCC1CCC(Cc2ccc(C(C)C)cc2)CC1. The molecule has 1 saturated carbocycles. The maximum atomic E-state index is 2.38. The maximum Gasteiger partial charge on any atom is -0.0219 e. The van der Waals surface area contributed by atoms with Gasteiger partial charge in [-0.25, -0.2) is 0 Å². The summed E-state index contributed by atoms with van der Waals surface area (Å²) in [5.74, 6) is 3.51. The Labute approximate surface area is 176 Å². The Morgan fingerprint density at radius 1 is 0.679 bits per heavy atom. The molecule has 0 aliphatic heterocycles. The van der Waals surface area contributed by atoms with Crippen LogP contribution in [0.4, 0.5) is 0 Å². The second-order valence-corrected chi connectivity index (χ2v) is 10.4. The Bertz CT molecular complexity index is 487. The molecule has 0 radical (unpaired) electrons. The summed E-state index contributed by atoms with van der Waals surface area (Å²) in [6, 6.07) is 9.44. The van der Waals surface area contributed by atoms with Gasteiger partial charge in [0, 0.05) is 0 Å². The van der Waals surface area contributed by atoms with Gasteiger partial charge in [0.15, 0.2) is 0 Å². The minimum absolute atomic E-state index is 0.648. The molecule has 1 fully saturated rings. The molecule has 2 rings (SSSR count). The Kier molecular flexibility index (Phi) is 11.3. The van der Waals surface area contributed by atoms with E-state index < -0.39 is 0 Å². The minimum atomic E-state index is 0.648. The number of benzene rings is 1. The predicted octanol–water partition coefficient (Wildman–Crippen LogP) is 9.33. The van der Waals surface area contributed by atoms with Crippen molar-refractivity contribution in [3.05, 3.63) is 35.4 Å². The number of hydrogen-bond acceptors (Lipinski definition) is 0. The predicted molar refractivity (Wildman–Crippen MR) is 126 cm³/mol. The fraction of sp³-hybridized carbons (Fsp3) is 0.786. The Morgan fingerprint density at radius 3 is 1.79 bits per heavy atom. The van der Waals surface area contributed by atoms with Gasteiger partial charge in [0.25, 0.3) is 0 Å². The summed E-state index contributed by atoms with van der Waals surface area (Å²) in [5, 5.41) is 0. The Morgan fingerprint density at radius 2 is 1.21 bits per heavy atom. The van der Waals surface area contributed by atoms with Crippen molar-refractivity contribution < 1.29 is 0 Å². The third kappa shape index (κ3) is 9.62. The lowest BCUT2D eigenvalue weighted by molar-refractivity contribution is 0.257. The molecular formula is C28H48. The highest BCUT2D eigenvalue weighted by Crippen LogP contribution is 2.34. The second-order valence-electron chi connectivity index (χ2n) is 10.4. The Balaban J connectivity index is 1.48. The van der Waals surface area contributed by atoms with Crippen LogP contribution in [0.15, 0.2) is 24.3 Å². The number of unbranched alkanes of at least 4 members (excludes halogenated alkanes) is 6. The van der Waals surface area contributed by atoms with Crippen molar-refractivity contribution in [1.29, 1.82) is 0 Å². The monoisotopic (exact) mass is 384 g/mol. The lowest BCUT2D eigenvalue weighted by Crippen LogP contribution is -2.16. The molecule has 0 heterocycles. The fourth-order valence-electron chi connectivity index (χ4n) is 4.97. The van der Waals surface area contributed by atoms with Crippen molar-refractivity contribution in [2.24, 2.45) is 17.8 Å². The third-order valence-electron chi connectivity index (χ3n) is 7.03. The molecule has 0 saturated heterocycles. The number of hydrogen-bond donors (Lipinski definition) is 0. The lowest BCUT2D eigenvalue weighted by atomic mass is 9.77. The van der Waals surface area contributed by atoms with Crippen LogP contribution in [0.1, 0.15) is 128 Å². The minimum Gasteiger partial charge on any atom is -0.0628 e. The van der Waals surface area contributed by atoms with Crippen LogP contribution in [-0.4, -0.2) is 0 Å². The van der Waals surface area contributed by atoms with Crippen LogP contribution in [0.25, 0.3) is 0 Å². The van der Waals surface area contributed by atoms with Gasteiger partial charge in [-0.05, 0) is 54.1 Å². The van der Waals surface area contributed by atoms with Gasteiger partial charge in [-0.1, -0.05) is 123 Å². The van der Waals surface area contributed by atoms with E-state index in [0.29, 0.717) is 5.92 Å². The molecule has 0 N–H and O–H groups in total. The van der Waals surface area contributed by atoms with Gasteiger partial charge in [-0.15, -0.1) is 0 Å². The Hall–Kier alpha value is -0.780. The molecule has 0 nitrogen and oxygen atoms in total. The fourth-order valence-corrected chi connectivity index (χ4v) is 4.97. The zero-order valence-electron chi connectivity index (χ0n) is 19.5. The molecule has 160 valence electrons. The van der Waals surface area contributed by atoms with E-state index >= 15 is 0 Å². The quantitative estimate of drug-likeness (QED) is 0.297. The molecule has 0 amide bonds. The van der Waals surface area contributed by atoms with Crippen molar-refractivity contribution in [3.8, 4) is 0 Å². The van der Waals surface area contributed by atoms with Crippen molar-refractivity contribution in [3.63, 3.8) is 0 Å². The smallest absolute Gasteiger partial charge is 0.0219 e. The molecule has 0 spiro atoms. The van der Waals surface area contributed by atoms with Crippen molar-refractivity contribution >= 4 is 0 Å². The van der Waals surface area contributed by atoms with Crippen LogP contribution in [0.5, 0.6) is 0 Å². The van der Waals surface area contributed by atoms with E-state index in [0.717, 1.165) is 17.8 Å². The molecule has 0 heteroatoms. The van der Waals surface area contributed by atoms with E-state index in [1.165, 1.54) is 95.5 Å². The van der Waals surface area contributed by atoms with Crippen LogP contribution in [0.3, 0.4) is 0 Å². The molecule has 1 aromatic rings. The van der Waals surface area contributed by atoms with Crippen LogP contribution >= 0.6 is 0 Å². The highest BCUT2D eigenvalue weighted by atomic mass is 14.3. The van der Waals surface area contributed by atoms with E-state index in [9.17, 15) is 0 Å². The summed E-state index contributed by atoms with van der Waals surface area (Å²) in [4.78, 5) is 0. The first-order chi connectivity index (χ1) is 13.5. The first kappa shape index (κ1) is 23.5. The first-order valence-electron chi connectivity index (χ1n) is 12.6. The highest BCUT2D eigenvalue weighted by Gasteiger charge is 2.21. The summed E-state index contributed by atoms with van der Waals surface area (Å²) < 4.78 is 0. The molecule has 0 bridgehead atoms. The van der Waals surface area contributed by atoms with Crippen LogP contribution in [0.2, 0.25) is 0 Å². The van der Waals surface area contributed by atoms with Gasteiger partial charge >= 0.3 is 0 Å². The van der Waals surface area contributed by atoms with E-state index in [4.69, 9.17) is 0 Å². The van der Waals surface area contributed by atoms with E-state index in [2.05, 4.69) is 52.0 Å². The van der Waals surface area contributed by atoms with Gasteiger partial charge < -0.3 is 0 Å². The summed E-state index contributed by atoms with van der Waals surface area (Å²) in [7, 11) is 0. The first-order valence-corrected chi connectivity index (χ1v) is 12.6. The molecule has 0 unspecified atom stereocenters. The van der Waals surface area contributed by atoms with Crippen LogP contribution in [0, 0.1) is 17.8 Å². The summed E-state index contributed by atoms with van der Waals surface area (Å²) >= 11 is 0. The van der Waals surface area contributed by atoms with Crippen molar-refractivity contribution in [2.75, 3.05) is 0 Å². The molecule has 1 aliphatic carbocycles. The summed E-state index contributed by atoms with van der Waals surface area (Å²) in [6.07, 6.45) is 20.4. The molecular weight excluding hydrogens is 336 g/mol. The zero-order valence-corrected chi connectivity index (χ0v) is 19.5. The molecule has 1 aliphatic rings. The summed E-state index contributed by atoms with van der Waals surface area (Å²) in [5.41, 5.74) is 3.03. The largest absolute Gasteiger partial charge is 0.0628 e. The van der Waals surface area contributed by atoms with Gasteiger partial charge in [-0.3, -0.25) is 0 Å². The normalized spacial score (nSPS) is 20.2. The van der Waals surface area contributed by atoms with Gasteiger partial charge in [0.1, 0.15) is 0 Å². The lowest BCUT2D eigenvalue weighted by Gasteiger charge is -2.28. The van der Waals surface area contributed by atoms with Crippen LogP contribution < -0.4 is 0 Å². The standard InChI is InChI=1S/C28H48/c1-23(2)12-10-8-6-5-7-9-11-13-25-14-16-26(17-15-25)22-27-18-20-28(21-19-27)24(3)4/h18-21,23-26H,5-17,22H2,1-4H3. The molecule has 0 atom stereocenters. The molecule has 1 aromatic carbocycles. The van der Waals surface area contributed by atoms with Crippen molar-refractivity contribution in [2.45, 2.75) is 124 Å². The number of rotatable bonds is 13. The average molecular weight is 385 g/mol. The van der Waals surface area contributed by atoms with Crippen molar-refractivity contribution in [1.82, 2.24) is 0 Å². The van der Waals surface area contributed by atoms with E-state index in [-0.39, 0.29) is 0 Å². The average Bonchev–Trinajstić information content (AvgIpc) is 2.68. The molecule has 28 heavy (non-hydrogen) atoms.